The van der Waals surface area contributed by atoms with Crippen molar-refractivity contribution in [2.75, 3.05) is 22.5 Å². The van der Waals surface area contributed by atoms with Crippen LogP contribution < -0.4 is 14.4 Å². The first-order chi connectivity index (χ1) is 13.8. The van der Waals surface area contributed by atoms with Gasteiger partial charge in [-0.15, -0.1) is 0 Å². The molecule has 0 aromatic heterocycles. The van der Waals surface area contributed by atoms with Crippen LogP contribution in [-0.2, 0) is 21.2 Å². The number of carbonyl (C=O) groups excluding carboxylic acids is 1. The Bertz CT molecular complexity index is 964. The molecule has 2 aromatic carbocycles. The highest BCUT2D eigenvalue weighted by atomic mass is 32.2. The Balaban J connectivity index is 2.28. The first kappa shape index (κ1) is 22.2. The number of ether oxygens (including phenoxy) is 1. The number of hydrogen-bond donors (Lipinski definition) is 1. The lowest BCUT2D eigenvalue weighted by Crippen LogP contribution is -2.46. The molecule has 8 heteroatoms. The zero-order valence-electron chi connectivity index (χ0n) is 16.8. The first-order valence-corrected chi connectivity index (χ1v) is 11.1. The zero-order valence-corrected chi connectivity index (χ0v) is 17.6. The summed E-state index contributed by atoms with van der Waals surface area (Å²) in [5.74, 6) is 0.194. The number of nitriles is 1. The summed E-state index contributed by atoms with van der Waals surface area (Å²) in [4.78, 5) is 12.9. The minimum atomic E-state index is -3.71. The first-order valence-electron chi connectivity index (χ1n) is 9.29. The van der Waals surface area contributed by atoms with Crippen molar-refractivity contribution in [2.45, 2.75) is 32.7 Å². The van der Waals surface area contributed by atoms with Gasteiger partial charge in [-0.1, -0.05) is 19.1 Å². The van der Waals surface area contributed by atoms with Gasteiger partial charge in [0.15, 0.2) is 0 Å². The van der Waals surface area contributed by atoms with E-state index in [0.717, 1.165) is 16.1 Å². The number of nitrogens with zero attached hydrogens (tertiary/aromatic N) is 2. The van der Waals surface area contributed by atoms with Crippen LogP contribution in [0.2, 0.25) is 0 Å². The van der Waals surface area contributed by atoms with E-state index in [4.69, 9.17) is 10.00 Å². The summed E-state index contributed by atoms with van der Waals surface area (Å²) in [5.41, 5.74) is 1.77. The fraction of sp³-hybridized carbons (Fsp3) is 0.333. The van der Waals surface area contributed by atoms with E-state index in [1.807, 2.05) is 6.92 Å². The van der Waals surface area contributed by atoms with Crippen LogP contribution in [0.5, 0.6) is 5.75 Å². The maximum Gasteiger partial charge on any atom is 0.248 e. The Kier molecular flexibility index (Phi) is 7.62. The average Bonchev–Trinajstić information content (AvgIpc) is 2.68. The molecule has 0 saturated carbocycles. The standard InChI is InChI=1S/C21H25N3O4S/c1-4-20(21(25)23-17-8-6-16(7-9-17)14-15-22)24(29(3,26)27)18-10-12-19(13-11-18)28-5-2/h6-13,20H,4-5,14H2,1-3H3,(H,23,25). The number of nitrogens with one attached hydrogen (secondary N) is 1. The van der Waals surface area contributed by atoms with Gasteiger partial charge in [0.05, 0.1) is 31.0 Å². The second kappa shape index (κ2) is 9.94. The second-order valence-electron chi connectivity index (χ2n) is 6.43. The van der Waals surface area contributed by atoms with Gasteiger partial charge in [0.25, 0.3) is 0 Å². The van der Waals surface area contributed by atoms with E-state index in [-0.39, 0.29) is 6.42 Å². The van der Waals surface area contributed by atoms with Crippen molar-refractivity contribution in [1.29, 1.82) is 5.26 Å². The SMILES string of the molecule is CCOc1ccc(N(C(CC)C(=O)Nc2ccc(CC#N)cc2)S(C)(=O)=O)cc1. The number of carbonyl (C=O) groups is 1. The minimum Gasteiger partial charge on any atom is -0.494 e. The molecule has 29 heavy (non-hydrogen) atoms. The summed E-state index contributed by atoms with van der Waals surface area (Å²) < 4.78 is 31.5. The van der Waals surface area contributed by atoms with Crippen molar-refractivity contribution >= 4 is 27.3 Å². The number of anilines is 2. The third-order valence-corrected chi connectivity index (χ3v) is 5.42. The van der Waals surface area contributed by atoms with Gasteiger partial charge in [-0.3, -0.25) is 9.10 Å². The van der Waals surface area contributed by atoms with Gasteiger partial charge >= 0.3 is 0 Å². The fourth-order valence-corrected chi connectivity index (χ4v) is 4.15. The van der Waals surface area contributed by atoms with Crippen molar-refractivity contribution in [2.24, 2.45) is 0 Å². The molecule has 0 heterocycles. The van der Waals surface area contributed by atoms with E-state index in [2.05, 4.69) is 11.4 Å². The largest absolute Gasteiger partial charge is 0.494 e. The van der Waals surface area contributed by atoms with Crippen LogP contribution in [0, 0.1) is 11.3 Å². The predicted octanol–water partition coefficient (Wildman–Crippen LogP) is 3.33. The Labute approximate surface area is 172 Å². The van der Waals surface area contributed by atoms with Crippen LogP contribution in [0.15, 0.2) is 48.5 Å². The summed E-state index contributed by atoms with van der Waals surface area (Å²) >= 11 is 0. The highest BCUT2D eigenvalue weighted by Crippen LogP contribution is 2.26. The maximum absolute atomic E-state index is 12.9. The summed E-state index contributed by atoms with van der Waals surface area (Å²) in [6, 6.07) is 14.6. The molecule has 1 atom stereocenters. The number of benzene rings is 2. The smallest absolute Gasteiger partial charge is 0.248 e. The number of amides is 1. The average molecular weight is 416 g/mol. The van der Waals surface area contributed by atoms with Crippen LogP contribution in [0.3, 0.4) is 0 Å². The molecule has 0 aliphatic heterocycles. The molecule has 1 unspecified atom stereocenters. The van der Waals surface area contributed by atoms with Crippen LogP contribution in [0.1, 0.15) is 25.8 Å². The molecule has 154 valence electrons. The van der Waals surface area contributed by atoms with Gasteiger partial charge in [-0.25, -0.2) is 8.42 Å². The van der Waals surface area contributed by atoms with E-state index >= 15 is 0 Å². The second-order valence-corrected chi connectivity index (χ2v) is 8.29. The van der Waals surface area contributed by atoms with Crippen molar-refractivity contribution in [1.82, 2.24) is 0 Å². The van der Waals surface area contributed by atoms with Crippen molar-refractivity contribution in [3.05, 3.63) is 54.1 Å². The lowest BCUT2D eigenvalue weighted by atomic mass is 10.1. The molecule has 7 nitrogen and oxygen atoms in total. The lowest BCUT2D eigenvalue weighted by Gasteiger charge is -2.30. The third-order valence-electron chi connectivity index (χ3n) is 4.24. The summed E-state index contributed by atoms with van der Waals surface area (Å²) in [6.45, 7) is 4.12. The summed E-state index contributed by atoms with van der Waals surface area (Å²) in [6.07, 6.45) is 1.65. The van der Waals surface area contributed by atoms with E-state index in [1.165, 1.54) is 0 Å². The van der Waals surface area contributed by atoms with E-state index in [0.29, 0.717) is 30.2 Å². The molecule has 0 aliphatic rings. The summed E-state index contributed by atoms with van der Waals surface area (Å²) in [7, 11) is -3.71. The Morgan fingerprint density at radius 2 is 1.76 bits per heavy atom. The molecule has 2 rings (SSSR count). The Hall–Kier alpha value is -3.05. The van der Waals surface area contributed by atoms with Gasteiger partial charge in [-0.05, 0) is 55.3 Å². The molecule has 0 aliphatic carbocycles. The van der Waals surface area contributed by atoms with Crippen LogP contribution in [0.4, 0.5) is 11.4 Å². The van der Waals surface area contributed by atoms with Gasteiger partial charge in [0.1, 0.15) is 11.8 Å². The van der Waals surface area contributed by atoms with Gasteiger partial charge < -0.3 is 10.1 Å². The van der Waals surface area contributed by atoms with E-state index < -0.39 is 22.0 Å². The van der Waals surface area contributed by atoms with Crippen LogP contribution >= 0.6 is 0 Å². The number of sulfonamides is 1. The topological polar surface area (TPSA) is 99.5 Å². The van der Waals surface area contributed by atoms with Crippen molar-refractivity contribution < 1.29 is 17.9 Å². The number of rotatable bonds is 9. The lowest BCUT2D eigenvalue weighted by molar-refractivity contribution is -0.117. The quantitative estimate of drug-likeness (QED) is 0.677. The summed E-state index contributed by atoms with van der Waals surface area (Å²) in [5, 5.41) is 11.5. The minimum absolute atomic E-state index is 0.283. The molecule has 0 radical (unpaired) electrons. The predicted molar refractivity (Wildman–Crippen MR) is 113 cm³/mol. The fourth-order valence-electron chi connectivity index (χ4n) is 2.94. The van der Waals surface area contributed by atoms with Crippen LogP contribution in [-0.4, -0.2) is 33.2 Å². The van der Waals surface area contributed by atoms with Crippen molar-refractivity contribution in [3.63, 3.8) is 0 Å². The van der Waals surface area contributed by atoms with Gasteiger partial charge in [0.2, 0.25) is 15.9 Å². The normalized spacial score (nSPS) is 11.9. The van der Waals surface area contributed by atoms with Crippen LogP contribution in [0.25, 0.3) is 0 Å². The molecule has 1 amide bonds. The highest BCUT2D eigenvalue weighted by Gasteiger charge is 2.31. The molecule has 0 fully saturated rings. The maximum atomic E-state index is 12.9. The van der Waals surface area contributed by atoms with E-state index in [9.17, 15) is 13.2 Å². The molecular formula is C21H25N3O4S. The highest BCUT2D eigenvalue weighted by molar-refractivity contribution is 7.92. The molecule has 0 bridgehead atoms. The molecule has 0 saturated heterocycles. The van der Waals surface area contributed by atoms with Gasteiger partial charge in [0, 0.05) is 5.69 Å². The molecule has 2 aromatic rings. The Morgan fingerprint density at radius 1 is 1.14 bits per heavy atom. The van der Waals surface area contributed by atoms with Gasteiger partial charge in [-0.2, -0.15) is 5.26 Å². The van der Waals surface area contributed by atoms with E-state index in [1.54, 1.807) is 55.5 Å². The monoisotopic (exact) mass is 415 g/mol. The zero-order chi connectivity index (χ0) is 21.4. The Morgan fingerprint density at radius 3 is 2.24 bits per heavy atom. The van der Waals surface area contributed by atoms with Crippen molar-refractivity contribution in [3.8, 4) is 11.8 Å². The third kappa shape index (κ3) is 5.96. The molecular weight excluding hydrogens is 390 g/mol. The molecule has 1 N–H and O–H groups in total. The number of hydrogen-bond acceptors (Lipinski definition) is 5. The molecule has 0 spiro atoms.